The highest BCUT2D eigenvalue weighted by atomic mass is 16.5. The predicted molar refractivity (Wildman–Crippen MR) is 81.0 cm³/mol. The van der Waals surface area contributed by atoms with Gasteiger partial charge in [-0.2, -0.15) is 0 Å². The molecule has 1 aromatic rings. The maximum absolute atomic E-state index is 5.84. The summed E-state index contributed by atoms with van der Waals surface area (Å²) in [6, 6.07) is 6.58. The Morgan fingerprint density at radius 1 is 1.16 bits per heavy atom. The highest BCUT2D eigenvalue weighted by Gasteiger charge is 2.28. The van der Waals surface area contributed by atoms with E-state index in [1.807, 2.05) is 0 Å². The first kappa shape index (κ1) is 14.4. The van der Waals surface area contributed by atoms with Crippen LogP contribution >= 0.6 is 0 Å². The van der Waals surface area contributed by atoms with E-state index < -0.39 is 0 Å². The van der Waals surface area contributed by atoms with E-state index >= 15 is 0 Å². The van der Waals surface area contributed by atoms with E-state index in [0.29, 0.717) is 0 Å². The molecule has 0 amide bonds. The lowest BCUT2D eigenvalue weighted by atomic mass is 9.80. The molecular formula is C17H27NO. The minimum atomic E-state index is 0.147. The van der Waals surface area contributed by atoms with Crippen molar-refractivity contribution < 1.29 is 4.74 Å². The quantitative estimate of drug-likeness (QED) is 0.892. The lowest BCUT2D eigenvalue weighted by Crippen LogP contribution is -2.38. The van der Waals surface area contributed by atoms with E-state index in [4.69, 9.17) is 4.74 Å². The van der Waals surface area contributed by atoms with Crippen LogP contribution in [-0.2, 0) is 11.8 Å². The van der Waals surface area contributed by atoms with Crippen molar-refractivity contribution in [1.29, 1.82) is 0 Å². The summed E-state index contributed by atoms with van der Waals surface area (Å²) >= 11 is 0. The summed E-state index contributed by atoms with van der Waals surface area (Å²) in [7, 11) is 0. The van der Waals surface area contributed by atoms with Crippen molar-refractivity contribution in [3.63, 3.8) is 0 Å². The number of para-hydroxylation sites is 1. The molecule has 1 aromatic carbocycles. The molecule has 0 bridgehead atoms. The summed E-state index contributed by atoms with van der Waals surface area (Å²) < 4.78 is 5.84. The summed E-state index contributed by atoms with van der Waals surface area (Å²) in [5.41, 5.74) is 3.06. The number of hydrogen-bond donors (Lipinski definition) is 1. The molecule has 0 saturated heterocycles. The number of ether oxygens (including phenoxy) is 1. The van der Waals surface area contributed by atoms with Crippen LogP contribution in [0.15, 0.2) is 18.2 Å². The molecule has 0 aromatic heterocycles. The highest BCUT2D eigenvalue weighted by Crippen LogP contribution is 2.38. The normalized spacial score (nSPS) is 15.2. The van der Waals surface area contributed by atoms with E-state index in [2.05, 4.69) is 58.1 Å². The Balaban J connectivity index is 2.09. The smallest absolute Gasteiger partial charge is 0.126 e. The molecule has 1 aliphatic rings. The Morgan fingerprint density at radius 3 is 2.58 bits per heavy atom. The minimum absolute atomic E-state index is 0.147. The van der Waals surface area contributed by atoms with Crippen molar-refractivity contribution in [2.75, 3.05) is 13.2 Å². The first-order chi connectivity index (χ1) is 8.80. The van der Waals surface area contributed by atoms with E-state index in [1.54, 1.807) is 0 Å². The highest BCUT2D eigenvalue weighted by molar-refractivity contribution is 5.47. The molecule has 0 saturated carbocycles. The van der Waals surface area contributed by atoms with Crippen molar-refractivity contribution in [2.24, 2.45) is 0 Å². The molecule has 19 heavy (non-hydrogen) atoms. The second-order valence-corrected chi connectivity index (χ2v) is 7.20. The molecule has 0 spiro atoms. The van der Waals surface area contributed by atoms with Crippen molar-refractivity contribution in [3.05, 3.63) is 29.3 Å². The largest absolute Gasteiger partial charge is 0.493 e. The molecule has 0 radical (unpaired) electrons. The first-order valence-corrected chi connectivity index (χ1v) is 7.30. The van der Waals surface area contributed by atoms with Crippen LogP contribution in [0.25, 0.3) is 0 Å². The van der Waals surface area contributed by atoms with Gasteiger partial charge in [0.25, 0.3) is 0 Å². The minimum Gasteiger partial charge on any atom is -0.493 e. The van der Waals surface area contributed by atoms with E-state index in [0.717, 1.165) is 31.7 Å². The Morgan fingerprint density at radius 2 is 1.89 bits per heavy atom. The average molecular weight is 261 g/mol. The first-order valence-electron chi connectivity index (χ1n) is 7.30. The zero-order valence-electron chi connectivity index (χ0n) is 13.0. The molecule has 0 unspecified atom stereocenters. The van der Waals surface area contributed by atoms with Crippen LogP contribution in [0, 0.1) is 0 Å². The molecule has 2 nitrogen and oxygen atoms in total. The molecule has 0 atom stereocenters. The van der Waals surface area contributed by atoms with Gasteiger partial charge in [0, 0.05) is 17.5 Å². The Labute approximate surface area is 117 Å². The van der Waals surface area contributed by atoms with Crippen molar-refractivity contribution in [2.45, 2.75) is 58.4 Å². The van der Waals surface area contributed by atoms with Gasteiger partial charge in [0.2, 0.25) is 0 Å². The van der Waals surface area contributed by atoms with Crippen LogP contribution in [0.3, 0.4) is 0 Å². The molecule has 2 rings (SSSR count). The van der Waals surface area contributed by atoms with Gasteiger partial charge in [-0.25, -0.2) is 0 Å². The maximum Gasteiger partial charge on any atom is 0.126 e. The topological polar surface area (TPSA) is 21.3 Å². The number of fused-ring (bicyclic) bond motifs is 1. The maximum atomic E-state index is 5.84. The summed E-state index contributed by atoms with van der Waals surface area (Å²) in [6.07, 6.45) is 2.17. The number of rotatable bonds is 4. The van der Waals surface area contributed by atoms with Crippen molar-refractivity contribution >= 4 is 0 Å². The Hall–Kier alpha value is -1.02. The van der Waals surface area contributed by atoms with Gasteiger partial charge in [-0.15, -0.1) is 0 Å². The lowest BCUT2D eigenvalue weighted by Gasteiger charge is -2.29. The molecule has 0 fully saturated rings. The summed E-state index contributed by atoms with van der Waals surface area (Å²) in [5, 5.41) is 3.57. The van der Waals surface area contributed by atoms with Gasteiger partial charge >= 0.3 is 0 Å². The molecule has 106 valence electrons. The van der Waals surface area contributed by atoms with Crippen LogP contribution in [0.4, 0.5) is 0 Å². The average Bonchev–Trinajstić information content (AvgIpc) is 2.73. The monoisotopic (exact) mass is 261 g/mol. The second kappa shape index (κ2) is 5.16. The molecule has 0 aliphatic carbocycles. The van der Waals surface area contributed by atoms with Gasteiger partial charge in [0.1, 0.15) is 5.75 Å². The van der Waals surface area contributed by atoms with Gasteiger partial charge in [-0.05, 0) is 44.7 Å². The van der Waals surface area contributed by atoms with E-state index in [9.17, 15) is 0 Å². The van der Waals surface area contributed by atoms with Gasteiger partial charge in [0.15, 0.2) is 0 Å². The fourth-order valence-corrected chi connectivity index (χ4v) is 2.63. The Kier molecular flexibility index (Phi) is 3.91. The third kappa shape index (κ3) is 3.50. The van der Waals surface area contributed by atoms with Crippen LogP contribution in [-0.4, -0.2) is 18.7 Å². The third-order valence-electron chi connectivity index (χ3n) is 3.85. The molecular weight excluding hydrogens is 234 g/mol. The predicted octanol–water partition coefficient (Wildman–Crippen LogP) is 3.68. The summed E-state index contributed by atoms with van der Waals surface area (Å²) in [5.74, 6) is 1.14. The number of benzene rings is 1. The number of hydrogen-bond acceptors (Lipinski definition) is 2. The van der Waals surface area contributed by atoms with Crippen molar-refractivity contribution in [1.82, 2.24) is 5.32 Å². The third-order valence-corrected chi connectivity index (χ3v) is 3.85. The van der Waals surface area contributed by atoms with Gasteiger partial charge in [-0.1, -0.05) is 32.0 Å². The van der Waals surface area contributed by atoms with Crippen LogP contribution in [0.2, 0.25) is 0 Å². The van der Waals surface area contributed by atoms with Gasteiger partial charge < -0.3 is 10.1 Å². The second-order valence-electron chi connectivity index (χ2n) is 7.20. The Bertz CT molecular complexity index is 443. The van der Waals surface area contributed by atoms with Gasteiger partial charge in [-0.3, -0.25) is 0 Å². The summed E-state index contributed by atoms with van der Waals surface area (Å²) in [6.45, 7) is 13.1. The fourth-order valence-electron chi connectivity index (χ4n) is 2.63. The zero-order valence-corrected chi connectivity index (χ0v) is 13.0. The SMILES string of the molecule is CC(C)(C)NCCC(C)(C)c1cccc2c1OCC2. The van der Waals surface area contributed by atoms with Crippen LogP contribution in [0.5, 0.6) is 5.75 Å². The van der Waals surface area contributed by atoms with Gasteiger partial charge in [0.05, 0.1) is 6.61 Å². The molecule has 2 heteroatoms. The molecule has 1 N–H and O–H groups in total. The van der Waals surface area contributed by atoms with E-state index in [1.165, 1.54) is 11.1 Å². The molecule has 1 aliphatic heterocycles. The summed E-state index contributed by atoms with van der Waals surface area (Å²) in [4.78, 5) is 0. The zero-order chi connectivity index (χ0) is 14.1. The van der Waals surface area contributed by atoms with E-state index in [-0.39, 0.29) is 11.0 Å². The van der Waals surface area contributed by atoms with Crippen LogP contribution in [0.1, 0.15) is 52.2 Å². The fraction of sp³-hybridized carbons (Fsp3) is 0.647. The number of nitrogens with one attached hydrogen (secondary N) is 1. The lowest BCUT2D eigenvalue weighted by molar-refractivity contribution is 0.335. The van der Waals surface area contributed by atoms with Crippen molar-refractivity contribution in [3.8, 4) is 5.75 Å². The standard InChI is InChI=1S/C17H27NO/c1-16(2,3)18-11-10-17(4,5)14-8-6-7-13-9-12-19-15(13)14/h6-8,18H,9-12H2,1-5H3. The molecule has 1 heterocycles. The van der Waals surface area contributed by atoms with Crippen LogP contribution < -0.4 is 10.1 Å².